The average Bonchev–Trinajstić information content (AvgIpc) is 2.26. The molecule has 2 aliphatic rings. The van der Waals surface area contributed by atoms with E-state index in [0.29, 0.717) is 6.04 Å². The first-order chi connectivity index (χ1) is 8.31. The predicted molar refractivity (Wildman–Crippen MR) is 72.6 cm³/mol. The van der Waals surface area contributed by atoms with Crippen LogP contribution in [-0.2, 0) is 6.42 Å². The van der Waals surface area contributed by atoms with E-state index in [-0.39, 0.29) is 0 Å². The summed E-state index contributed by atoms with van der Waals surface area (Å²) in [4.78, 5) is 0. The number of fused-ring (bicyclic) bond motifs is 1. The van der Waals surface area contributed by atoms with Crippen LogP contribution in [0.5, 0.6) is 0 Å². The summed E-state index contributed by atoms with van der Waals surface area (Å²) in [5.41, 5.74) is 4.19. The standard InChI is InChI=1S/C15H22N2/c1-11-5-6-12-7-8-14(17-15(12)9-11)10-16-13-3-2-4-13/h5-6,9,13-14,16-17H,2-4,7-8,10H2,1H3. The van der Waals surface area contributed by atoms with Gasteiger partial charge in [-0.25, -0.2) is 0 Å². The van der Waals surface area contributed by atoms with Gasteiger partial charge in [-0.15, -0.1) is 0 Å². The average molecular weight is 230 g/mol. The van der Waals surface area contributed by atoms with Crippen LogP contribution in [0.4, 0.5) is 5.69 Å². The summed E-state index contributed by atoms with van der Waals surface area (Å²) in [5, 5.41) is 7.35. The zero-order valence-corrected chi connectivity index (χ0v) is 10.6. The molecular formula is C15H22N2. The Labute approximate surface area is 104 Å². The first-order valence-corrected chi connectivity index (χ1v) is 6.91. The molecule has 0 aromatic heterocycles. The lowest BCUT2D eigenvalue weighted by Gasteiger charge is -2.32. The summed E-state index contributed by atoms with van der Waals surface area (Å²) in [7, 11) is 0. The Kier molecular flexibility index (Phi) is 3.06. The summed E-state index contributed by atoms with van der Waals surface area (Å²) < 4.78 is 0. The Morgan fingerprint density at radius 1 is 1.29 bits per heavy atom. The Bertz CT molecular complexity index is 396. The molecule has 92 valence electrons. The van der Waals surface area contributed by atoms with Crippen LogP contribution in [0, 0.1) is 6.92 Å². The van der Waals surface area contributed by atoms with Crippen molar-refractivity contribution in [2.24, 2.45) is 0 Å². The SMILES string of the molecule is Cc1ccc2c(c1)NC(CNC1CCC1)CC2. The zero-order chi connectivity index (χ0) is 11.7. The smallest absolute Gasteiger partial charge is 0.0389 e. The van der Waals surface area contributed by atoms with E-state index in [9.17, 15) is 0 Å². The van der Waals surface area contributed by atoms with Gasteiger partial charge in [-0.3, -0.25) is 0 Å². The number of rotatable bonds is 3. The predicted octanol–water partition coefficient (Wildman–Crippen LogP) is 2.86. The number of hydrogen-bond acceptors (Lipinski definition) is 2. The maximum absolute atomic E-state index is 3.68. The fourth-order valence-electron chi connectivity index (χ4n) is 2.74. The van der Waals surface area contributed by atoms with Crippen molar-refractivity contribution in [2.75, 3.05) is 11.9 Å². The summed E-state index contributed by atoms with van der Waals surface area (Å²) in [5.74, 6) is 0. The molecule has 1 aliphatic carbocycles. The molecule has 3 rings (SSSR count). The summed E-state index contributed by atoms with van der Waals surface area (Å²) in [6.45, 7) is 3.29. The fraction of sp³-hybridized carbons (Fsp3) is 0.600. The molecule has 0 bridgehead atoms. The van der Waals surface area contributed by atoms with Gasteiger partial charge in [-0.1, -0.05) is 18.6 Å². The molecule has 1 heterocycles. The van der Waals surface area contributed by atoms with Crippen molar-refractivity contribution in [3.05, 3.63) is 29.3 Å². The molecular weight excluding hydrogens is 208 g/mol. The van der Waals surface area contributed by atoms with E-state index < -0.39 is 0 Å². The summed E-state index contributed by atoms with van der Waals surface area (Å²) in [6.07, 6.45) is 6.65. The van der Waals surface area contributed by atoms with Crippen molar-refractivity contribution in [1.29, 1.82) is 0 Å². The number of aryl methyl sites for hydroxylation is 2. The second-order valence-electron chi connectivity index (χ2n) is 5.58. The highest BCUT2D eigenvalue weighted by atomic mass is 15.0. The molecule has 1 atom stereocenters. The summed E-state index contributed by atoms with van der Waals surface area (Å²) in [6, 6.07) is 8.19. The van der Waals surface area contributed by atoms with Gasteiger partial charge < -0.3 is 10.6 Å². The highest BCUT2D eigenvalue weighted by molar-refractivity contribution is 5.55. The van der Waals surface area contributed by atoms with Gasteiger partial charge in [0.25, 0.3) is 0 Å². The lowest BCUT2D eigenvalue weighted by Crippen LogP contribution is -2.43. The zero-order valence-electron chi connectivity index (χ0n) is 10.6. The van der Waals surface area contributed by atoms with Gasteiger partial charge in [0, 0.05) is 24.3 Å². The molecule has 1 fully saturated rings. The minimum atomic E-state index is 0.616. The van der Waals surface area contributed by atoms with E-state index in [0.717, 1.165) is 12.6 Å². The fourth-order valence-corrected chi connectivity index (χ4v) is 2.74. The van der Waals surface area contributed by atoms with Crippen molar-refractivity contribution < 1.29 is 0 Å². The lowest BCUT2D eigenvalue weighted by atomic mass is 9.92. The molecule has 1 saturated carbocycles. The third-order valence-electron chi connectivity index (χ3n) is 4.15. The molecule has 2 heteroatoms. The van der Waals surface area contributed by atoms with Crippen LogP contribution in [0.15, 0.2) is 18.2 Å². The first kappa shape index (κ1) is 11.1. The van der Waals surface area contributed by atoms with Crippen molar-refractivity contribution in [1.82, 2.24) is 5.32 Å². The van der Waals surface area contributed by atoms with Gasteiger partial charge in [0.15, 0.2) is 0 Å². The molecule has 1 aromatic carbocycles. The molecule has 0 amide bonds. The van der Waals surface area contributed by atoms with Crippen LogP contribution in [0.25, 0.3) is 0 Å². The third kappa shape index (κ3) is 2.47. The first-order valence-electron chi connectivity index (χ1n) is 6.91. The molecule has 17 heavy (non-hydrogen) atoms. The highest BCUT2D eigenvalue weighted by Gasteiger charge is 2.21. The number of nitrogens with one attached hydrogen (secondary N) is 2. The van der Waals surface area contributed by atoms with Crippen LogP contribution in [-0.4, -0.2) is 18.6 Å². The molecule has 0 spiro atoms. The summed E-state index contributed by atoms with van der Waals surface area (Å²) >= 11 is 0. The molecule has 0 saturated heterocycles. The van der Waals surface area contributed by atoms with Crippen LogP contribution in [0.3, 0.4) is 0 Å². The molecule has 1 aromatic rings. The van der Waals surface area contributed by atoms with Gasteiger partial charge in [0.2, 0.25) is 0 Å². The maximum atomic E-state index is 3.68. The van der Waals surface area contributed by atoms with Crippen molar-refractivity contribution in [3.8, 4) is 0 Å². The molecule has 2 N–H and O–H groups in total. The topological polar surface area (TPSA) is 24.1 Å². The Hall–Kier alpha value is -1.02. The van der Waals surface area contributed by atoms with Crippen molar-refractivity contribution >= 4 is 5.69 Å². The van der Waals surface area contributed by atoms with Crippen LogP contribution in [0.1, 0.15) is 36.8 Å². The van der Waals surface area contributed by atoms with Crippen molar-refractivity contribution in [2.45, 2.75) is 51.1 Å². The van der Waals surface area contributed by atoms with E-state index in [1.54, 1.807) is 0 Å². The second kappa shape index (κ2) is 4.69. The minimum absolute atomic E-state index is 0.616. The monoisotopic (exact) mass is 230 g/mol. The van der Waals surface area contributed by atoms with E-state index in [1.165, 1.54) is 48.9 Å². The van der Waals surface area contributed by atoms with Gasteiger partial charge in [0.05, 0.1) is 0 Å². The van der Waals surface area contributed by atoms with Gasteiger partial charge in [-0.05, 0) is 49.8 Å². The molecule has 2 nitrogen and oxygen atoms in total. The normalized spacial score (nSPS) is 23.7. The van der Waals surface area contributed by atoms with Gasteiger partial charge >= 0.3 is 0 Å². The van der Waals surface area contributed by atoms with Crippen LogP contribution < -0.4 is 10.6 Å². The third-order valence-corrected chi connectivity index (χ3v) is 4.15. The minimum Gasteiger partial charge on any atom is -0.381 e. The van der Waals surface area contributed by atoms with E-state index >= 15 is 0 Å². The largest absolute Gasteiger partial charge is 0.381 e. The number of hydrogen-bond donors (Lipinski definition) is 2. The Balaban J connectivity index is 1.59. The quantitative estimate of drug-likeness (QED) is 0.834. The lowest BCUT2D eigenvalue weighted by molar-refractivity contribution is 0.332. The van der Waals surface area contributed by atoms with Gasteiger partial charge in [0.1, 0.15) is 0 Å². The second-order valence-corrected chi connectivity index (χ2v) is 5.58. The van der Waals surface area contributed by atoms with E-state index in [4.69, 9.17) is 0 Å². The van der Waals surface area contributed by atoms with Crippen molar-refractivity contribution in [3.63, 3.8) is 0 Å². The van der Waals surface area contributed by atoms with Crippen LogP contribution >= 0.6 is 0 Å². The maximum Gasteiger partial charge on any atom is 0.0389 e. The van der Waals surface area contributed by atoms with E-state index in [2.05, 4.69) is 35.8 Å². The van der Waals surface area contributed by atoms with E-state index in [1.807, 2.05) is 0 Å². The highest BCUT2D eigenvalue weighted by Crippen LogP contribution is 2.26. The molecule has 0 radical (unpaired) electrons. The molecule has 1 unspecified atom stereocenters. The van der Waals surface area contributed by atoms with Crippen LogP contribution in [0.2, 0.25) is 0 Å². The Morgan fingerprint density at radius 2 is 2.18 bits per heavy atom. The number of benzene rings is 1. The Morgan fingerprint density at radius 3 is 2.94 bits per heavy atom. The molecule has 1 aliphatic heterocycles. The number of anilines is 1. The van der Waals surface area contributed by atoms with Gasteiger partial charge in [-0.2, -0.15) is 0 Å².